The first kappa shape index (κ1) is 21.2. The van der Waals surface area contributed by atoms with E-state index in [1.807, 2.05) is 0 Å². The van der Waals surface area contributed by atoms with Crippen LogP contribution in [0.3, 0.4) is 0 Å². The van der Waals surface area contributed by atoms with Gasteiger partial charge in [0.05, 0.1) is 17.6 Å². The highest BCUT2D eigenvalue weighted by molar-refractivity contribution is 7.89. The van der Waals surface area contributed by atoms with Gasteiger partial charge < -0.3 is 10.1 Å². The highest BCUT2D eigenvalue weighted by Gasteiger charge is 2.27. The summed E-state index contributed by atoms with van der Waals surface area (Å²) in [5, 5.41) is 2.16. The van der Waals surface area contributed by atoms with Gasteiger partial charge in [-0.25, -0.2) is 17.2 Å². The Labute approximate surface area is 168 Å². The van der Waals surface area contributed by atoms with Crippen LogP contribution < -0.4 is 10.1 Å². The van der Waals surface area contributed by atoms with Gasteiger partial charge in [0, 0.05) is 13.1 Å². The molecule has 0 aromatic heterocycles. The lowest BCUT2D eigenvalue weighted by molar-refractivity contribution is 0.102. The number of sulfonamides is 1. The van der Waals surface area contributed by atoms with Gasteiger partial charge in [0.25, 0.3) is 5.91 Å². The first-order valence-corrected chi connectivity index (χ1v) is 10.7. The van der Waals surface area contributed by atoms with Crippen LogP contribution >= 0.6 is 0 Å². The van der Waals surface area contributed by atoms with E-state index in [1.54, 1.807) is 0 Å². The number of anilines is 1. The second kappa shape index (κ2) is 8.87. The monoisotopic (exact) mass is 424 g/mol. The molecule has 0 saturated carbocycles. The van der Waals surface area contributed by atoms with Gasteiger partial charge in [-0.3, -0.25) is 4.79 Å². The van der Waals surface area contributed by atoms with E-state index >= 15 is 0 Å². The first-order chi connectivity index (χ1) is 13.8. The Morgan fingerprint density at radius 1 is 1.03 bits per heavy atom. The Morgan fingerprint density at radius 2 is 1.66 bits per heavy atom. The standard InChI is InChI=1S/C20H22F2N2O4S/c1-28-18-10-9-14(29(26,27)24-11-4-2-3-5-12-24)13-15(18)20(25)23-19-16(21)7-6-8-17(19)22/h6-10,13H,2-5,11-12H2,1H3,(H,23,25). The second-order valence-corrected chi connectivity index (χ2v) is 8.67. The summed E-state index contributed by atoms with van der Waals surface area (Å²) in [6, 6.07) is 7.09. The molecular formula is C20H22F2N2O4S. The predicted octanol–water partition coefficient (Wildman–Crippen LogP) is 3.79. The summed E-state index contributed by atoms with van der Waals surface area (Å²) in [7, 11) is -2.49. The molecule has 1 aliphatic heterocycles. The number of nitrogens with one attached hydrogen (secondary N) is 1. The Bertz CT molecular complexity index is 983. The van der Waals surface area contributed by atoms with Crippen molar-refractivity contribution in [3.63, 3.8) is 0 Å². The van der Waals surface area contributed by atoms with E-state index in [-0.39, 0.29) is 16.2 Å². The summed E-state index contributed by atoms with van der Waals surface area (Å²) in [6.07, 6.45) is 3.48. The molecule has 1 N–H and O–H groups in total. The van der Waals surface area contributed by atoms with Crippen molar-refractivity contribution in [3.8, 4) is 5.75 Å². The number of amides is 1. The summed E-state index contributed by atoms with van der Waals surface area (Å²) in [4.78, 5) is 12.6. The molecule has 6 nitrogen and oxygen atoms in total. The molecule has 1 fully saturated rings. The van der Waals surface area contributed by atoms with E-state index < -0.39 is 33.3 Å². The lowest BCUT2D eigenvalue weighted by Crippen LogP contribution is -2.32. The molecular weight excluding hydrogens is 402 g/mol. The number of carbonyl (C=O) groups is 1. The van der Waals surface area contributed by atoms with Crippen LogP contribution in [0.25, 0.3) is 0 Å². The van der Waals surface area contributed by atoms with Crippen LogP contribution in [0.4, 0.5) is 14.5 Å². The van der Waals surface area contributed by atoms with Crippen molar-refractivity contribution in [2.24, 2.45) is 0 Å². The van der Waals surface area contributed by atoms with Gasteiger partial charge in [0.2, 0.25) is 10.0 Å². The molecule has 0 spiro atoms. The van der Waals surface area contributed by atoms with E-state index in [4.69, 9.17) is 4.74 Å². The van der Waals surface area contributed by atoms with Crippen molar-refractivity contribution < 1.29 is 26.7 Å². The van der Waals surface area contributed by atoms with Crippen molar-refractivity contribution in [1.29, 1.82) is 0 Å². The van der Waals surface area contributed by atoms with Crippen molar-refractivity contribution in [1.82, 2.24) is 4.31 Å². The lowest BCUT2D eigenvalue weighted by atomic mass is 10.1. The minimum absolute atomic E-state index is 0.0700. The van der Waals surface area contributed by atoms with Crippen molar-refractivity contribution in [2.45, 2.75) is 30.6 Å². The number of ether oxygens (including phenoxy) is 1. The zero-order valence-electron chi connectivity index (χ0n) is 16.0. The fourth-order valence-electron chi connectivity index (χ4n) is 3.25. The van der Waals surface area contributed by atoms with E-state index in [9.17, 15) is 22.0 Å². The normalized spacial score (nSPS) is 15.6. The third-order valence-corrected chi connectivity index (χ3v) is 6.71. The Morgan fingerprint density at radius 3 is 2.24 bits per heavy atom. The molecule has 1 heterocycles. The van der Waals surface area contributed by atoms with Gasteiger partial charge in [0.15, 0.2) is 0 Å². The topological polar surface area (TPSA) is 75.7 Å². The Kier molecular flexibility index (Phi) is 6.49. The zero-order chi connectivity index (χ0) is 21.0. The molecule has 156 valence electrons. The molecule has 2 aromatic carbocycles. The molecule has 0 unspecified atom stereocenters. The van der Waals surface area contributed by atoms with Crippen LogP contribution in [0, 0.1) is 11.6 Å². The first-order valence-electron chi connectivity index (χ1n) is 9.28. The molecule has 0 radical (unpaired) electrons. The molecule has 1 amide bonds. The number of methoxy groups -OCH3 is 1. The van der Waals surface area contributed by atoms with E-state index in [0.717, 1.165) is 37.8 Å². The number of benzene rings is 2. The van der Waals surface area contributed by atoms with Crippen LogP contribution in [-0.2, 0) is 10.0 Å². The highest BCUT2D eigenvalue weighted by atomic mass is 32.2. The third kappa shape index (κ3) is 4.56. The van der Waals surface area contributed by atoms with Crippen molar-refractivity contribution in [3.05, 3.63) is 53.6 Å². The van der Waals surface area contributed by atoms with Crippen LogP contribution in [0.15, 0.2) is 41.3 Å². The summed E-state index contributed by atoms with van der Waals surface area (Å²) in [5.74, 6) is -2.66. The molecule has 0 atom stereocenters. The average Bonchev–Trinajstić information content (AvgIpc) is 3.00. The van der Waals surface area contributed by atoms with Gasteiger partial charge in [-0.2, -0.15) is 4.31 Å². The smallest absolute Gasteiger partial charge is 0.259 e. The molecule has 0 bridgehead atoms. The Hall–Kier alpha value is -2.52. The quantitative estimate of drug-likeness (QED) is 0.792. The molecule has 1 saturated heterocycles. The van der Waals surface area contributed by atoms with Crippen LogP contribution in [0.5, 0.6) is 5.75 Å². The number of hydrogen-bond acceptors (Lipinski definition) is 4. The highest BCUT2D eigenvalue weighted by Crippen LogP contribution is 2.28. The van der Waals surface area contributed by atoms with E-state index in [2.05, 4.69) is 5.32 Å². The van der Waals surface area contributed by atoms with Gasteiger partial charge in [0.1, 0.15) is 23.1 Å². The Balaban J connectivity index is 1.95. The van der Waals surface area contributed by atoms with Gasteiger partial charge >= 0.3 is 0 Å². The minimum atomic E-state index is -3.81. The fraction of sp³-hybridized carbons (Fsp3) is 0.350. The molecule has 3 rings (SSSR count). The lowest BCUT2D eigenvalue weighted by Gasteiger charge is -2.20. The number of halogens is 2. The number of nitrogens with zero attached hydrogens (tertiary/aromatic N) is 1. The summed E-state index contributed by atoms with van der Waals surface area (Å²) >= 11 is 0. The minimum Gasteiger partial charge on any atom is -0.496 e. The molecule has 9 heteroatoms. The molecule has 1 aliphatic rings. The average molecular weight is 424 g/mol. The van der Waals surface area contributed by atoms with Gasteiger partial charge in [-0.15, -0.1) is 0 Å². The number of para-hydroxylation sites is 1. The zero-order valence-corrected chi connectivity index (χ0v) is 16.8. The summed E-state index contributed by atoms with van der Waals surface area (Å²) in [6.45, 7) is 0.826. The number of carbonyl (C=O) groups excluding carboxylic acids is 1. The second-order valence-electron chi connectivity index (χ2n) is 6.73. The van der Waals surface area contributed by atoms with Gasteiger partial charge in [-0.1, -0.05) is 18.9 Å². The summed E-state index contributed by atoms with van der Waals surface area (Å²) < 4.78 is 60.3. The number of rotatable bonds is 5. The molecule has 0 aliphatic carbocycles. The van der Waals surface area contributed by atoms with E-state index in [0.29, 0.717) is 13.1 Å². The maximum atomic E-state index is 13.9. The van der Waals surface area contributed by atoms with Crippen molar-refractivity contribution >= 4 is 21.6 Å². The van der Waals surface area contributed by atoms with Crippen LogP contribution in [0.1, 0.15) is 36.0 Å². The van der Waals surface area contributed by atoms with Crippen LogP contribution in [0.2, 0.25) is 0 Å². The molecule has 2 aromatic rings. The van der Waals surface area contributed by atoms with E-state index in [1.165, 1.54) is 35.7 Å². The van der Waals surface area contributed by atoms with Crippen LogP contribution in [-0.4, -0.2) is 38.8 Å². The maximum Gasteiger partial charge on any atom is 0.259 e. The largest absolute Gasteiger partial charge is 0.496 e. The maximum absolute atomic E-state index is 13.9. The van der Waals surface area contributed by atoms with Crippen molar-refractivity contribution in [2.75, 3.05) is 25.5 Å². The fourth-order valence-corrected chi connectivity index (χ4v) is 4.80. The SMILES string of the molecule is COc1ccc(S(=O)(=O)N2CCCCCC2)cc1C(=O)Nc1c(F)cccc1F. The number of hydrogen-bond donors (Lipinski definition) is 1. The molecule has 29 heavy (non-hydrogen) atoms. The third-order valence-electron chi connectivity index (χ3n) is 4.82. The van der Waals surface area contributed by atoms with Gasteiger partial charge in [-0.05, 0) is 43.2 Å². The summed E-state index contributed by atoms with van der Waals surface area (Å²) in [5.41, 5.74) is -0.744. The predicted molar refractivity (Wildman–Crippen MR) is 105 cm³/mol.